The maximum Gasteiger partial charge on any atom is 0.244 e. The molecule has 0 radical (unpaired) electrons. The Hall–Kier alpha value is -5.75. The quantitative estimate of drug-likeness (QED) is 0.113. The third-order valence-corrected chi connectivity index (χ3v) is 8.82. The number of aromatic nitrogens is 3. The number of carbonyl (C=O) groups is 1. The van der Waals surface area contributed by atoms with Crippen LogP contribution in [0.25, 0.3) is 43.3 Å². The Labute approximate surface area is 287 Å². The topological polar surface area (TPSA) is 112 Å². The maximum absolute atomic E-state index is 12.7. The van der Waals surface area contributed by atoms with E-state index in [1.54, 1.807) is 58.0 Å². The highest BCUT2D eigenvalue weighted by Crippen LogP contribution is 2.42. The van der Waals surface area contributed by atoms with Gasteiger partial charge in [-0.3, -0.25) is 4.79 Å². The van der Waals surface area contributed by atoms with Gasteiger partial charge in [0, 0.05) is 23.6 Å². The molecular weight excluding hydrogens is 646 g/mol. The molecule has 2 aromatic heterocycles. The normalized spacial score (nSPS) is 10.9. The van der Waals surface area contributed by atoms with Gasteiger partial charge in [-0.05, 0) is 66.7 Å². The van der Waals surface area contributed by atoms with Gasteiger partial charge in [-0.1, -0.05) is 12.1 Å². The molecule has 0 aliphatic carbocycles. The summed E-state index contributed by atoms with van der Waals surface area (Å²) in [6.07, 6.45) is 0. The van der Waals surface area contributed by atoms with Crippen LogP contribution >= 0.6 is 11.3 Å². The molecule has 6 aromatic rings. The number of thiazole rings is 1. The summed E-state index contributed by atoms with van der Waals surface area (Å²) in [5.74, 6) is 3.32. The minimum absolute atomic E-state index is 0.205. The molecule has 11 nitrogen and oxygen atoms in total. The lowest BCUT2D eigenvalue weighted by atomic mass is 10.1. The van der Waals surface area contributed by atoms with Crippen LogP contribution in [0.5, 0.6) is 40.2 Å². The molecule has 252 valence electrons. The second-order valence-electron chi connectivity index (χ2n) is 10.7. The number of carbonyl (C=O) groups excluding carboxylic acids is 1. The van der Waals surface area contributed by atoms with Crippen molar-refractivity contribution in [1.29, 1.82) is 0 Å². The SMILES string of the molecule is COc1ccc(-c2nc3ccccc3s2)cc1OCCOc1cc(-c2cc(-c3cc(OC)c(OC)c(OC)c3)nn2C(C)=O)ccc1OC. The molecule has 0 amide bonds. The van der Waals surface area contributed by atoms with Gasteiger partial charge in [0.2, 0.25) is 11.7 Å². The molecule has 0 saturated heterocycles. The number of methoxy groups -OCH3 is 5. The van der Waals surface area contributed by atoms with Crippen LogP contribution in [-0.2, 0) is 0 Å². The molecule has 2 heterocycles. The van der Waals surface area contributed by atoms with Crippen molar-refractivity contribution in [3.05, 3.63) is 78.9 Å². The first-order valence-corrected chi connectivity index (χ1v) is 16.1. The van der Waals surface area contributed by atoms with E-state index < -0.39 is 0 Å². The molecule has 0 unspecified atom stereocenters. The molecule has 12 heteroatoms. The minimum Gasteiger partial charge on any atom is -0.493 e. The molecule has 0 spiro atoms. The van der Waals surface area contributed by atoms with E-state index in [-0.39, 0.29) is 19.1 Å². The Morgan fingerprint density at radius 1 is 0.653 bits per heavy atom. The van der Waals surface area contributed by atoms with Crippen molar-refractivity contribution in [3.63, 3.8) is 0 Å². The molecule has 0 bridgehead atoms. The minimum atomic E-state index is -0.262. The van der Waals surface area contributed by atoms with Crippen LogP contribution in [0.4, 0.5) is 0 Å². The van der Waals surface area contributed by atoms with Crippen molar-refractivity contribution in [2.45, 2.75) is 6.92 Å². The van der Waals surface area contributed by atoms with Crippen LogP contribution < -0.4 is 33.2 Å². The molecule has 0 saturated carbocycles. The Morgan fingerprint density at radius 2 is 1.22 bits per heavy atom. The number of hydrogen-bond donors (Lipinski definition) is 0. The Kier molecular flexibility index (Phi) is 9.86. The van der Waals surface area contributed by atoms with Gasteiger partial charge < -0.3 is 33.2 Å². The first-order valence-electron chi connectivity index (χ1n) is 15.3. The highest BCUT2D eigenvalue weighted by Gasteiger charge is 2.20. The average molecular weight is 682 g/mol. The summed E-state index contributed by atoms with van der Waals surface area (Å²) in [5.41, 5.74) is 4.37. The molecule has 0 aliphatic heterocycles. The fraction of sp³-hybridized carbons (Fsp3) is 0.216. The van der Waals surface area contributed by atoms with Crippen molar-refractivity contribution >= 4 is 27.5 Å². The zero-order valence-corrected chi connectivity index (χ0v) is 28.8. The van der Waals surface area contributed by atoms with Gasteiger partial charge in [0.15, 0.2) is 34.5 Å². The van der Waals surface area contributed by atoms with Crippen molar-refractivity contribution in [3.8, 4) is 73.3 Å². The van der Waals surface area contributed by atoms with Crippen LogP contribution in [-0.4, -0.2) is 69.4 Å². The van der Waals surface area contributed by atoms with Crippen LogP contribution in [0.2, 0.25) is 0 Å². The smallest absolute Gasteiger partial charge is 0.244 e. The van der Waals surface area contributed by atoms with E-state index in [0.29, 0.717) is 62.8 Å². The molecule has 0 fully saturated rings. The highest BCUT2D eigenvalue weighted by molar-refractivity contribution is 7.21. The Balaban J connectivity index is 1.22. The number of para-hydroxylation sites is 1. The molecule has 49 heavy (non-hydrogen) atoms. The first kappa shape index (κ1) is 33.2. The summed E-state index contributed by atoms with van der Waals surface area (Å²) < 4.78 is 42.4. The molecule has 4 aromatic carbocycles. The van der Waals surface area contributed by atoms with Gasteiger partial charge in [0.1, 0.15) is 18.2 Å². The van der Waals surface area contributed by atoms with E-state index in [0.717, 1.165) is 20.8 Å². The van der Waals surface area contributed by atoms with Gasteiger partial charge in [-0.2, -0.15) is 9.78 Å². The summed E-state index contributed by atoms with van der Waals surface area (Å²) in [6, 6.07) is 24.6. The zero-order valence-electron chi connectivity index (χ0n) is 27.9. The van der Waals surface area contributed by atoms with Gasteiger partial charge >= 0.3 is 0 Å². The number of rotatable bonds is 13. The molecule has 0 atom stereocenters. The van der Waals surface area contributed by atoms with Crippen molar-refractivity contribution in [2.75, 3.05) is 48.8 Å². The number of benzene rings is 4. The summed E-state index contributed by atoms with van der Waals surface area (Å²) in [4.78, 5) is 17.5. The lowest BCUT2D eigenvalue weighted by molar-refractivity contribution is 0.0923. The zero-order chi connectivity index (χ0) is 34.5. The summed E-state index contributed by atoms with van der Waals surface area (Å²) >= 11 is 1.62. The highest BCUT2D eigenvalue weighted by atomic mass is 32.1. The Morgan fingerprint density at radius 3 is 1.80 bits per heavy atom. The van der Waals surface area contributed by atoms with E-state index in [4.69, 9.17) is 38.1 Å². The lowest BCUT2D eigenvalue weighted by Gasteiger charge is -2.14. The van der Waals surface area contributed by atoms with Crippen LogP contribution in [0.1, 0.15) is 11.7 Å². The van der Waals surface area contributed by atoms with E-state index in [1.165, 1.54) is 18.7 Å². The van der Waals surface area contributed by atoms with Gasteiger partial charge in [-0.25, -0.2) is 4.98 Å². The molecule has 0 N–H and O–H groups in total. The predicted molar refractivity (Wildman–Crippen MR) is 188 cm³/mol. The fourth-order valence-electron chi connectivity index (χ4n) is 5.37. The Bertz CT molecular complexity index is 2060. The van der Waals surface area contributed by atoms with Crippen molar-refractivity contribution in [1.82, 2.24) is 14.8 Å². The van der Waals surface area contributed by atoms with Crippen LogP contribution in [0.15, 0.2) is 78.9 Å². The predicted octanol–water partition coefficient (Wildman–Crippen LogP) is 7.65. The monoisotopic (exact) mass is 681 g/mol. The standard InChI is InChI=1S/C37H35N3O8S/c1-22(41)40-28(21-27(39-40)25-19-33(44-4)36(46-6)34(20-25)45-5)23-11-13-29(42-2)31(17-23)47-15-16-48-32-18-24(12-14-30(32)43-3)37-38-26-9-7-8-10-35(26)49-37/h7-14,17-21H,15-16H2,1-6H3. The molecular formula is C37H35N3O8S. The fourth-order valence-corrected chi connectivity index (χ4v) is 6.33. The largest absolute Gasteiger partial charge is 0.493 e. The van der Waals surface area contributed by atoms with Gasteiger partial charge in [0.05, 0.1) is 57.2 Å². The van der Waals surface area contributed by atoms with Crippen LogP contribution in [0, 0.1) is 0 Å². The summed E-state index contributed by atoms with van der Waals surface area (Å²) in [7, 11) is 7.80. The second kappa shape index (κ2) is 14.6. The van der Waals surface area contributed by atoms with Crippen LogP contribution in [0.3, 0.4) is 0 Å². The number of nitrogens with zero attached hydrogens (tertiary/aromatic N) is 3. The molecule has 6 rings (SSSR count). The number of ether oxygens (including phenoxy) is 7. The van der Waals surface area contributed by atoms with E-state index in [1.807, 2.05) is 54.6 Å². The van der Waals surface area contributed by atoms with Crippen molar-refractivity contribution < 1.29 is 38.0 Å². The van der Waals surface area contributed by atoms with E-state index in [2.05, 4.69) is 11.2 Å². The number of fused-ring (bicyclic) bond motifs is 1. The maximum atomic E-state index is 12.7. The third kappa shape index (κ3) is 6.81. The summed E-state index contributed by atoms with van der Waals surface area (Å²) in [5, 5.41) is 5.50. The number of hydrogen-bond acceptors (Lipinski definition) is 11. The summed E-state index contributed by atoms with van der Waals surface area (Å²) in [6.45, 7) is 1.88. The average Bonchev–Trinajstić information content (AvgIpc) is 3.78. The molecule has 0 aliphatic rings. The van der Waals surface area contributed by atoms with E-state index in [9.17, 15) is 4.79 Å². The van der Waals surface area contributed by atoms with Gasteiger partial charge in [-0.15, -0.1) is 11.3 Å². The third-order valence-electron chi connectivity index (χ3n) is 7.73. The van der Waals surface area contributed by atoms with E-state index >= 15 is 0 Å². The lowest BCUT2D eigenvalue weighted by Crippen LogP contribution is -2.11. The second-order valence-corrected chi connectivity index (χ2v) is 11.7. The van der Waals surface area contributed by atoms with Gasteiger partial charge in [0.25, 0.3) is 0 Å². The van der Waals surface area contributed by atoms with Crippen molar-refractivity contribution in [2.24, 2.45) is 0 Å². The first-order chi connectivity index (χ1) is 23.9.